The number of nitrogens with zero attached hydrogens (tertiary/aromatic N) is 1. The van der Waals surface area contributed by atoms with Crippen LogP contribution in [0.3, 0.4) is 0 Å². The van der Waals surface area contributed by atoms with Crippen molar-refractivity contribution in [1.29, 1.82) is 0 Å². The molecule has 2 aliphatic carbocycles. The van der Waals surface area contributed by atoms with E-state index in [1.54, 1.807) is 0 Å². The zero-order valence-corrected chi connectivity index (χ0v) is 8.21. The molecule has 2 fully saturated rings. The van der Waals surface area contributed by atoms with Crippen LogP contribution in [0.2, 0.25) is 0 Å². The second kappa shape index (κ2) is 4.12. The molecule has 0 unspecified atom stereocenters. The maximum Gasteiger partial charge on any atom is 0.0632 e. The Morgan fingerprint density at radius 2 is 1.23 bits per heavy atom. The molecule has 2 nitrogen and oxygen atoms in total. The predicted octanol–water partition coefficient (Wildman–Crippen LogP) is 3.20. The molecular formula is C11H19NO. The summed E-state index contributed by atoms with van der Waals surface area (Å²) in [5, 5.41) is 12.6. The van der Waals surface area contributed by atoms with Crippen molar-refractivity contribution in [1.82, 2.24) is 0 Å². The van der Waals surface area contributed by atoms with E-state index >= 15 is 0 Å². The second-order valence-corrected chi connectivity index (χ2v) is 4.49. The van der Waals surface area contributed by atoms with Crippen molar-refractivity contribution in [2.45, 2.75) is 51.4 Å². The smallest absolute Gasteiger partial charge is 0.0632 e. The molecule has 0 spiro atoms. The molecule has 2 rings (SSSR count). The third kappa shape index (κ3) is 1.87. The Balaban J connectivity index is 1.99. The fourth-order valence-electron chi connectivity index (χ4n) is 2.94. The van der Waals surface area contributed by atoms with E-state index < -0.39 is 0 Å². The van der Waals surface area contributed by atoms with E-state index in [1.807, 2.05) is 0 Å². The maximum absolute atomic E-state index is 9.03. The molecule has 2 aliphatic rings. The number of rotatable bonds is 2. The minimum atomic E-state index is 0.619. The fourth-order valence-corrected chi connectivity index (χ4v) is 2.94. The van der Waals surface area contributed by atoms with Crippen LogP contribution < -0.4 is 0 Å². The van der Waals surface area contributed by atoms with E-state index in [4.69, 9.17) is 5.21 Å². The van der Waals surface area contributed by atoms with Crippen LogP contribution in [0.25, 0.3) is 0 Å². The van der Waals surface area contributed by atoms with Gasteiger partial charge in [-0.05, 0) is 25.7 Å². The first-order valence-corrected chi connectivity index (χ1v) is 5.63. The first kappa shape index (κ1) is 9.04. The summed E-state index contributed by atoms with van der Waals surface area (Å²) in [7, 11) is 0. The standard InChI is InChI=1S/C11H19NO/c13-12-11(9-5-1-2-6-9)10-7-3-4-8-10/h9-10,13H,1-8H2. The van der Waals surface area contributed by atoms with E-state index in [2.05, 4.69) is 5.16 Å². The number of hydrogen-bond donors (Lipinski definition) is 1. The monoisotopic (exact) mass is 181 g/mol. The quantitative estimate of drug-likeness (QED) is 0.396. The lowest BCUT2D eigenvalue weighted by Gasteiger charge is -2.16. The average Bonchev–Trinajstić information content (AvgIpc) is 2.76. The highest BCUT2D eigenvalue weighted by Gasteiger charge is 2.29. The molecule has 0 aromatic rings. The lowest BCUT2D eigenvalue weighted by Crippen LogP contribution is -2.19. The zero-order chi connectivity index (χ0) is 9.10. The van der Waals surface area contributed by atoms with Crippen LogP contribution in [0.5, 0.6) is 0 Å². The van der Waals surface area contributed by atoms with Crippen LogP contribution in [-0.4, -0.2) is 10.9 Å². The predicted molar refractivity (Wildman–Crippen MR) is 53.1 cm³/mol. The largest absolute Gasteiger partial charge is 0.411 e. The molecule has 0 aromatic carbocycles. The summed E-state index contributed by atoms with van der Waals surface area (Å²) in [6, 6.07) is 0. The molecule has 74 valence electrons. The summed E-state index contributed by atoms with van der Waals surface area (Å²) in [6.07, 6.45) is 10.4. The lowest BCUT2D eigenvalue weighted by atomic mass is 9.89. The summed E-state index contributed by atoms with van der Waals surface area (Å²) in [6.45, 7) is 0. The van der Waals surface area contributed by atoms with Gasteiger partial charge in [-0.3, -0.25) is 0 Å². The van der Waals surface area contributed by atoms with Gasteiger partial charge in [0.2, 0.25) is 0 Å². The normalized spacial score (nSPS) is 25.2. The molecule has 0 bridgehead atoms. The summed E-state index contributed by atoms with van der Waals surface area (Å²) < 4.78 is 0. The van der Waals surface area contributed by atoms with E-state index in [1.165, 1.54) is 51.4 Å². The van der Waals surface area contributed by atoms with Crippen LogP contribution >= 0.6 is 0 Å². The van der Waals surface area contributed by atoms with Gasteiger partial charge in [-0.1, -0.05) is 30.8 Å². The zero-order valence-electron chi connectivity index (χ0n) is 8.21. The summed E-state index contributed by atoms with van der Waals surface area (Å²) in [4.78, 5) is 0. The van der Waals surface area contributed by atoms with Crippen molar-refractivity contribution < 1.29 is 5.21 Å². The van der Waals surface area contributed by atoms with Crippen molar-refractivity contribution in [3.05, 3.63) is 0 Å². The van der Waals surface area contributed by atoms with Crippen LogP contribution in [0, 0.1) is 11.8 Å². The molecule has 0 atom stereocenters. The molecule has 0 saturated heterocycles. The SMILES string of the molecule is ON=C(C1CCCC1)C1CCCC1. The Labute approximate surface area is 80.0 Å². The van der Waals surface area contributed by atoms with Gasteiger partial charge >= 0.3 is 0 Å². The highest BCUT2D eigenvalue weighted by molar-refractivity contribution is 5.88. The third-order valence-electron chi connectivity index (χ3n) is 3.66. The van der Waals surface area contributed by atoms with Crippen molar-refractivity contribution in [2.24, 2.45) is 17.0 Å². The van der Waals surface area contributed by atoms with Crippen molar-refractivity contribution >= 4 is 5.71 Å². The van der Waals surface area contributed by atoms with Gasteiger partial charge in [0.25, 0.3) is 0 Å². The number of hydrogen-bond acceptors (Lipinski definition) is 2. The third-order valence-corrected chi connectivity index (χ3v) is 3.66. The molecule has 0 amide bonds. The fraction of sp³-hybridized carbons (Fsp3) is 0.909. The summed E-state index contributed by atoms with van der Waals surface area (Å²) in [5.41, 5.74) is 1.13. The molecule has 0 radical (unpaired) electrons. The van der Waals surface area contributed by atoms with Crippen LogP contribution in [0.1, 0.15) is 51.4 Å². The Bertz CT molecular complexity index is 170. The van der Waals surface area contributed by atoms with Crippen molar-refractivity contribution in [3.8, 4) is 0 Å². The van der Waals surface area contributed by atoms with E-state index in [-0.39, 0.29) is 0 Å². The summed E-state index contributed by atoms with van der Waals surface area (Å²) in [5.74, 6) is 1.24. The summed E-state index contributed by atoms with van der Waals surface area (Å²) >= 11 is 0. The Morgan fingerprint density at radius 1 is 0.846 bits per heavy atom. The van der Waals surface area contributed by atoms with Crippen LogP contribution in [0.15, 0.2) is 5.16 Å². The Kier molecular flexibility index (Phi) is 2.87. The van der Waals surface area contributed by atoms with Gasteiger partial charge in [0.05, 0.1) is 5.71 Å². The van der Waals surface area contributed by atoms with Crippen LogP contribution in [0.4, 0.5) is 0 Å². The van der Waals surface area contributed by atoms with Crippen molar-refractivity contribution in [3.63, 3.8) is 0 Å². The lowest BCUT2D eigenvalue weighted by molar-refractivity contribution is 0.309. The van der Waals surface area contributed by atoms with E-state index in [9.17, 15) is 0 Å². The van der Waals surface area contributed by atoms with Gasteiger partial charge in [0.1, 0.15) is 0 Å². The highest BCUT2D eigenvalue weighted by Crippen LogP contribution is 2.34. The molecule has 1 N–H and O–H groups in total. The first-order chi connectivity index (χ1) is 6.42. The van der Waals surface area contributed by atoms with E-state index in [0.717, 1.165) is 5.71 Å². The molecule has 0 aliphatic heterocycles. The molecule has 2 heteroatoms. The van der Waals surface area contributed by atoms with Crippen molar-refractivity contribution in [2.75, 3.05) is 0 Å². The minimum absolute atomic E-state index is 0.619. The topological polar surface area (TPSA) is 32.6 Å². The Morgan fingerprint density at radius 3 is 1.54 bits per heavy atom. The molecule has 0 heterocycles. The van der Waals surface area contributed by atoms with Gasteiger partial charge in [-0.25, -0.2) is 0 Å². The van der Waals surface area contributed by atoms with Gasteiger partial charge in [-0.2, -0.15) is 0 Å². The minimum Gasteiger partial charge on any atom is -0.411 e. The maximum atomic E-state index is 9.03. The molecule has 0 aromatic heterocycles. The molecule has 2 saturated carbocycles. The second-order valence-electron chi connectivity index (χ2n) is 4.49. The van der Waals surface area contributed by atoms with E-state index in [0.29, 0.717) is 11.8 Å². The first-order valence-electron chi connectivity index (χ1n) is 5.63. The Hall–Kier alpha value is -0.530. The van der Waals surface area contributed by atoms with Gasteiger partial charge in [0, 0.05) is 11.8 Å². The molecular weight excluding hydrogens is 162 g/mol. The molecule has 13 heavy (non-hydrogen) atoms. The van der Waals surface area contributed by atoms with Crippen LogP contribution in [-0.2, 0) is 0 Å². The van der Waals surface area contributed by atoms with Gasteiger partial charge < -0.3 is 5.21 Å². The average molecular weight is 181 g/mol. The highest BCUT2D eigenvalue weighted by atomic mass is 16.4. The van der Waals surface area contributed by atoms with Gasteiger partial charge in [-0.15, -0.1) is 0 Å². The number of oxime groups is 1. The van der Waals surface area contributed by atoms with Gasteiger partial charge in [0.15, 0.2) is 0 Å².